The minimum atomic E-state index is -0.0205. The van der Waals surface area contributed by atoms with Crippen LogP contribution in [-0.2, 0) is 4.79 Å². The highest BCUT2D eigenvalue weighted by molar-refractivity contribution is 5.94. The molecule has 0 saturated carbocycles. The van der Waals surface area contributed by atoms with Crippen molar-refractivity contribution in [1.29, 1.82) is 0 Å². The molecule has 0 saturated heterocycles. The first-order valence-corrected chi connectivity index (χ1v) is 9.56. The average molecular weight is 375 g/mol. The minimum Gasteiger partial charge on any atom is -0.495 e. The summed E-state index contributed by atoms with van der Waals surface area (Å²) in [4.78, 5) is 18.0. The van der Waals surface area contributed by atoms with Crippen molar-refractivity contribution >= 4 is 28.1 Å². The summed E-state index contributed by atoms with van der Waals surface area (Å²) in [5.74, 6) is 0.659. The SMILES string of the molecule is COc1ccc(C)cc1NC(=O)CN1CC=C(c2c[nH]c3ccccc23)CC1. The Kier molecular flexibility index (Phi) is 5.17. The Bertz CT molecular complexity index is 1040. The molecule has 2 heterocycles. The number of carbonyl (C=O) groups excluding carboxylic acids is 1. The largest absolute Gasteiger partial charge is 0.495 e. The molecule has 0 spiro atoms. The van der Waals surface area contributed by atoms with Gasteiger partial charge < -0.3 is 15.0 Å². The maximum absolute atomic E-state index is 12.5. The number of aryl methyl sites for hydroxylation is 1. The van der Waals surface area contributed by atoms with Crippen LogP contribution in [0.5, 0.6) is 5.75 Å². The van der Waals surface area contributed by atoms with Gasteiger partial charge in [0.15, 0.2) is 0 Å². The number of hydrogen-bond acceptors (Lipinski definition) is 3. The second-order valence-corrected chi connectivity index (χ2v) is 7.21. The Hall–Kier alpha value is -3.05. The number of nitrogens with zero attached hydrogens (tertiary/aromatic N) is 1. The number of aromatic amines is 1. The van der Waals surface area contributed by atoms with Crippen molar-refractivity contribution in [3.05, 3.63) is 65.9 Å². The number of anilines is 1. The Morgan fingerprint density at radius 3 is 2.89 bits per heavy atom. The molecule has 28 heavy (non-hydrogen) atoms. The number of fused-ring (bicyclic) bond motifs is 1. The fourth-order valence-corrected chi connectivity index (χ4v) is 3.75. The van der Waals surface area contributed by atoms with Crippen LogP contribution in [0.15, 0.2) is 54.7 Å². The van der Waals surface area contributed by atoms with Crippen LogP contribution in [0.1, 0.15) is 17.5 Å². The van der Waals surface area contributed by atoms with Gasteiger partial charge in [-0.3, -0.25) is 9.69 Å². The Balaban J connectivity index is 1.40. The molecule has 2 aromatic carbocycles. The number of amides is 1. The predicted octanol–water partition coefficient (Wildman–Crippen LogP) is 4.21. The number of nitrogens with one attached hydrogen (secondary N) is 2. The van der Waals surface area contributed by atoms with E-state index in [2.05, 4.69) is 45.7 Å². The lowest BCUT2D eigenvalue weighted by Crippen LogP contribution is -2.36. The van der Waals surface area contributed by atoms with Crippen molar-refractivity contribution in [1.82, 2.24) is 9.88 Å². The van der Waals surface area contributed by atoms with Crippen molar-refractivity contribution in [3.8, 4) is 5.75 Å². The molecule has 5 nitrogen and oxygen atoms in total. The zero-order chi connectivity index (χ0) is 19.5. The first-order chi connectivity index (χ1) is 13.6. The fourth-order valence-electron chi connectivity index (χ4n) is 3.75. The van der Waals surface area contributed by atoms with Gasteiger partial charge >= 0.3 is 0 Å². The molecule has 0 bridgehead atoms. The zero-order valence-corrected chi connectivity index (χ0v) is 16.3. The van der Waals surface area contributed by atoms with Gasteiger partial charge in [-0.25, -0.2) is 0 Å². The van der Waals surface area contributed by atoms with E-state index >= 15 is 0 Å². The quantitative estimate of drug-likeness (QED) is 0.702. The molecule has 144 valence electrons. The molecule has 1 aromatic heterocycles. The van der Waals surface area contributed by atoms with E-state index in [9.17, 15) is 4.79 Å². The van der Waals surface area contributed by atoms with E-state index in [-0.39, 0.29) is 5.91 Å². The first-order valence-electron chi connectivity index (χ1n) is 9.56. The van der Waals surface area contributed by atoms with E-state index in [0.29, 0.717) is 12.3 Å². The van der Waals surface area contributed by atoms with E-state index in [1.807, 2.05) is 31.2 Å². The molecule has 1 amide bonds. The smallest absolute Gasteiger partial charge is 0.238 e. The van der Waals surface area contributed by atoms with Crippen LogP contribution in [0.25, 0.3) is 16.5 Å². The van der Waals surface area contributed by atoms with Gasteiger partial charge in [0.2, 0.25) is 5.91 Å². The average Bonchev–Trinajstić information content (AvgIpc) is 3.13. The van der Waals surface area contributed by atoms with Gasteiger partial charge in [-0.2, -0.15) is 0 Å². The number of hydrogen-bond donors (Lipinski definition) is 2. The summed E-state index contributed by atoms with van der Waals surface area (Å²) in [6.45, 7) is 4.00. The number of methoxy groups -OCH3 is 1. The van der Waals surface area contributed by atoms with Gasteiger partial charge in [-0.1, -0.05) is 30.3 Å². The molecule has 0 atom stereocenters. The summed E-state index contributed by atoms with van der Waals surface area (Å²) in [6.07, 6.45) is 5.26. The zero-order valence-electron chi connectivity index (χ0n) is 16.3. The topological polar surface area (TPSA) is 57.4 Å². The molecular formula is C23H25N3O2. The first kappa shape index (κ1) is 18.3. The Morgan fingerprint density at radius 1 is 1.25 bits per heavy atom. The summed E-state index contributed by atoms with van der Waals surface area (Å²) in [5, 5.41) is 4.24. The van der Waals surface area contributed by atoms with Gasteiger partial charge in [-0.05, 0) is 42.7 Å². The van der Waals surface area contributed by atoms with E-state index in [1.54, 1.807) is 7.11 Å². The molecule has 4 rings (SSSR count). The minimum absolute atomic E-state index is 0.0205. The summed E-state index contributed by atoms with van der Waals surface area (Å²) in [7, 11) is 1.61. The van der Waals surface area contributed by atoms with E-state index in [1.165, 1.54) is 16.5 Å². The van der Waals surface area contributed by atoms with Crippen LogP contribution in [0.3, 0.4) is 0 Å². The van der Waals surface area contributed by atoms with E-state index in [4.69, 9.17) is 4.74 Å². The molecule has 3 aromatic rings. The van der Waals surface area contributed by atoms with Crippen LogP contribution < -0.4 is 10.1 Å². The van der Waals surface area contributed by atoms with Gasteiger partial charge in [0.25, 0.3) is 0 Å². The highest BCUT2D eigenvalue weighted by Crippen LogP contribution is 2.29. The molecule has 0 unspecified atom stereocenters. The normalized spacial score (nSPS) is 14.7. The van der Waals surface area contributed by atoms with Crippen molar-refractivity contribution < 1.29 is 9.53 Å². The molecule has 5 heteroatoms. The Labute approximate surface area is 165 Å². The van der Waals surface area contributed by atoms with Crippen molar-refractivity contribution in [2.24, 2.45) is 0 Å². The predicted molar refractivity (Wildman–Crippen MR) is 114 cm³/mol. The summed E-state index contributed by atoms with van der Waals surface area (Å²) >= 11 is 0. The molecular weight excluding hydrogens is 350 g/mol. The van der Waals surface area contributed by atoms with Crippen molar-refractivity contribution in [2.75, 3.05) is 32.1 Å². The van der Waals surface area contributed by atoms with E-state index in [0.717, 1.165) is 36.3 Å². The standard InChI is InChI=1S/C23H25N3O2/c1-16-7-8-22(28-2)21(13-16)25-23(27)15-26-11-9-17(10-12-26)19-14-24-20-6-4-3-5-18(19)20/h3-9,13-14,24H,10-12,15H2,1-2H3,(H,25,27). The van der Waals surface area contributed by atoms with Gasteiger partial charge in [0, 0.05) is 35.8 Å². The van der Waals surface area contributed by atoms with Crippen molar-refractivity contribution in [2.45, 2.75) is 13.3 Å². The monoisotopic (exact) mass is 375 g/mol. The highest BCUT2D eigenvalue weighted by atomic mass is 16.5. The fraction of sp³-hybridized carbons (Fsp3) is 0.261. The third kappa shape index (κ3) is 3.80. The van der Waals surface area contributed by atoms with Gasteiger partial charge in [0.1, 0.15) is 5.75 Å². The molecule has 0 fully saturated rings. The molecule has 1 aliphatic rings. The molecule has 1 aliphatic heterocycles. The third-order valence-corrected chi connectivity index (χ3v) is 5.22. The van der Waals surface area contributed by atoms with Crippen LogP contribution in [0.4, 0.5) is 5.69 Å². The van der Waals surface area contributed by atoms with Crippen LogP contribution >= 0.6 is 0 Å². The number of para-hydroxylation sites is 1. The summed E-state index contributed by atoms with van der Waals surface area (Å²) in [5.41, 5.74) is 5.57. The highest BCUT2D eigenvalue weighted by Gasteiger charge is 2.18. The number of benzene rings is 2. The van der Waals surface area contributed by atoms with Crippen LogP contribution in [0, 0.1) is 6.92 Å². The molecule has 2 N–H and O–H groups in total. The van der Waals surface area contributed by atoms with Gasteiger partial charge in [-0.15, -0.1) is 0 Å². The second kappa shape index (κ2) is 7.90. The number of aromatic nitrogens is 1. The second-order valence-electron chi connectivity index (χ2n) is 7.21. The van der Waals surface area contributed by atoms with E-state index < -0.39 is 0 Å². The summed E-state index contributed by atoms with van der Waals surface area (Å²) < 4.78 is 5.34. The molecule has 0 radical (unpaired) electrons. The van der Waals surface area contributed by atoms with Crippen LogP contribution in [0.2, 0.25) is 0 Å². The van der Waals surface area contributed by atoms with Crippen LogP contribution in [-0.4, -0.2) is 42.5 Å². The number of ether oxygens (including phenoxy) is 1. The molecule has 0 aliphatic carbocycles. The lowest BCUT2D eigenvalue weighted by atomic mass is 9.99. The third-order valence-electron chi connectivity index (χ3n) is 5.22. The lowest BCUT2D eigenvalue weighted by molar-refractivity contribution is -0.117. The number of H-pyrrole nitrogens is 1. The number of rotatable bonds is 5. The summed E-state index contributed by atoms with van der Waals surface area (Å²) in [6, 6.07) is 14.1. The van der Waals surface area contributed by atoms with Crippen molar-refractivity contribution in [3.63, 3.8) is 0 Å². The lowest BCUT2D eigenvalue weighted by Gasteiger charge is -2.25. The maximum atomic E-state index is 12.5. The van der Waals surface area contributed by atoms with Gasteiger partial charge in [0.05, 0.1) is 19.3 Å². The Morgan fingerprint density at radius 2 is 2.11 bits per heavy atom. The number of carbonyl (C=O) groups is 1. The maximum Gasteiger partial charge on any atom is 0.238 e.